The van der Waals surface area contributed by atoms with E-state index in [2.05, 4.69) is 17.2 Å². The Morgan fingerprint density at radius 2 is 2.40 bits per heavy atom. The topological polar surface area (TPSA) is 50.9 Å². The van der Waals surface area contributed by atoms with Gasteiger partial charge in [-0.1, -0.05) is 6.92 Å². The molecule has 0 amide bonds. The van der Waals surface area contributed by atoms with E-state index in [0.29, 0.717) is 6.04 Å². The Bertz CT molecular complexity index is 350. The third kappa shape index (κ3) is 1.84. The van der Waals surface area contributed by atoms with Gasteiger partial charge in [-0.15, -0.1) is 0 Å². The molecule has 0 radical (unpaired) electrons. The lowest BCUT2D eigenvalue weighted by Crippen LogP contribution is -2.26. The van der Waals surface area contributed by atoms with Crippen molar-refractivity contribution in [1.29, 1.82) is 0 Å². The maximum absolute atomic E-state index is 6.01. The highest BCUT2D eigenvalue weighted by atomic mass is 14.9. The average Bonchev–Trinajstić information content (AvgIpc) is 2.62. The zero-order chi connectivity index (χ0) is 10.9. The highest BCUT2D eigenvalue weighted by Crippen LogP contribution is 2.42. The molecule has 0 bridgehead atoms. The van der Waals surface area contributed by atoms with Crippen molar-refractivity contribution in [2.75, 3.05) is 12.8 Å². The third-order valence-corrected chi connectivity index (χ3v) is 3.65. The second-order valence-electron chi connectivity index (χ2n) is 4.75. The van der Waals surface area contributed by atoms with E-state index in [1.54, 1.807) is 6.20 Å². The quantitative estimate of drug-likeness (QED) is 0.772. The van der Waals surface area contributed by atoms with Crippen LogP contribution in [-0.2, 0) is 5.41 Å². The van der Waals surface area contributed by atoms with Gasteiger partial charge in [0.25, 0.3) is 0 Å². The summed E-state index contributed by atoms with van der Waals surface area (Å²) in [5, 5.41) is 3.35. The Morgan fingerprint density at radius 1 is 1.60 bits per heavy atom. The van der Waals surface area contributed by atoms with Gasteiger partial charge in [-0.25, -0.2) is 0 Å². The van der Waals surface area contributed by atoms with Gasteiger partial charge in [0.2, 0.25) is 0 Å². The molecule has 1 aliphatic rings. The fourth-order valence-corrected chi connectivity index (χ4v) is 2.64. The van der Waals surface area contributed by atoms with Crippen LogP contribution < -0.4 is 11.1 Å². The van der Waals surface area contributed by atoms with Crippen molar-refractivity contribution in [2.24, 2.45) is 0 Å². The molecule has 0 spiro atoms. The second kappa shape index (κ2) is 3.81. The Hall–Kier alpha value is -1.09. The van der Waals surface area contributed by atoms with Gasteiger partial charge in [-0.05, 0) is 43.4 Å². The Kier molecular flexibility index (Phi) is 2.65. The zero-order valence-corrected chi connectivity index (χ0v) is 9.46. The molecule has 15 heavy (non-hydrogen) atoms. The van der Waals surface area contributed by atoms with Crippen LogP contribution in [0.25, 0.3) is 0 Å². The molecule has 3 nitrogen and oxygen atoms in total. The van der Waals surface area contributed by atoms with Crippen LogP contribution in [0.1, 0.15) is 31.7 Å². The lowest BCUT2D eigenvalue weighted by Gasteiger charge is -2.25. The lowest BCUT2D eigenvalue weighted by molar-refractivity contribution is 0.467. The van der Waals surface area contributed by atoms with Gasteiger partial charge in [-0.2, -0.15) is 0 Å². The number of nitrogens with one attached hydrogen (secondary N) is 1. The molecule has 2 unspecified atom stereocenters. The van der Waals surface area contributed by atoms with Crippen molar-refractivity contribution < 1.29 is 0 Å². The SMILES string of the molecule is CNC1CCC(C)(c2cnccc2N)C1. The minimum absolute atomic E-state index is 0.200. The number of nitrogen functional groups attached to an aromatic ring is 1. The standard InChI is InChI=1S/C12H19N3/c1-12(5-3-9(7-12)14-2)10-8-15-6-4-11(10)13/h4,6,8-9,14H,3,5,7H2,1-2H3,(H2,13,15). The molecule has 1 fully saturated rings. The molecule has 3 N–H and O–H groups in total. The largest absolute Gasteiger partial charge is 0.398 e. The molecule has 1 saturated carbocycles. The molecule has 0 aromatic carbocycles. The predicted octanol–water partition coefficient (Wildman–Crippen LogP) is 1.69. The monoisotopic (exact) mass is 205 g/mol. The van der Waals surface area contributed by atoms with Crippen LogP contribution in [0, 0.1) is 0 Å². The first-order valence-corrected chi connectivity index (χ1v) is 5.53. The van der Waals surface area contributed by atoms with Gasteiger partial charge in [-0.3, -0.25) is 4.98 Å². The lowest BCUT2D eigenvalue weighted by atomic mass is 9.81. The summed E-state index contributed by atoms with van der Waals surface area (Å²) in [6, 6.07) is 2.52. The first kappa shape index (κ1) is 10.4. The maximum Gasteiger partial charge on any atom is 0.0383 e. The zero-order valence-electron chi connectivity index (χ0n) is 9.46. The minimum atomic E-state index is 0.200. The van der Waals surface area contributed by atoms with Gasteiger partial charge < -0.3 is 11.1 Å². The van der Waals surface area contributed by atoms with Gasteiger partial charge in [0.15, 0.2) is 0 Å². The van der Waals surface area contributed by atoms with Crippen molar-refractivity contribution in [3.8, 4) is 0 Å². The first-order chi connectivity index (χ1) is 7.15. The van der Waals surface area contributed by atoms with Gasteiger partial charge in [0, 0.05) is 24.1 Å². The van der Waals surface area contributed by atoms with Crippen molar-refractivity contribution in [3.63, 3.8) is 0 Å². The van der Waals surface area contributed by atoms with E-state index in [1.165, 1.54) is 18.4 Å². The summed E-state index contributed by atoms with van der Waals surface area (Å²) in [5.74, 6) is 0. The number of aromatic nitrogens is 1. The van der Waals surface area contributed by atoms with E-state index in [0.717, 1.165) is 12.1 Å². The van der Waals surface area contributed by atoms with Crippen LogP contribution in [-0.4, -0.2) is 18.1 Å². The third-order valence-electron chi connectivity index (χ3n) is 3.65. The minimum Gasteiger partial charge on any atom is -0.398 e. The van der Waals surface area contributed by atoms with Gasteiger partial charge >= 0.3 is 0 Å². The number of anilines is 1. The predicted molar refractivity (Wildman–Crippen MR) is 62.7 cm³/mol. The highest BCUT2D eigenvalue weighted by Gasteiger charge is 2.37. The van der Waals surface area contributed by atoms with Crippen LogP contribution >= 0.6 is 0 Å². The van der Waals surface area contributed by atoms with E-state index in [-0.39, 0.29) is 5.41 Å². The van der Waals surface area contributed by atoms with Crippen LogP contribution in [0.5, 0.6) is 0 Å². The Labute approximate surface area is 91.1 Å². The Morgan fingerprint density at radius 3 is 3.00 bits per heavy atom. The molecule has 1 aromatic rings. The molecule has 82 valence electrons. The van der Waals surface area contributed by atoms with Gasteiger partial charge in [0.1, 0.15) is 0 Å². The number of rotatable bonds is 2. The molecule has 3 heteroatoms. The van der Waals surface area contributed by atoms with E-state index in [1.807, 2.05) is 19.3 Å². The number of nitrogens with two attached hydrogens (primary N) is 1. The summed E-state index contributed by atoms with van der Waals surface area (Å²) in [6.07, 6.45) is 7.25. The summed E-state index contributed by atoms with van der Waals surface area (Å²) in [4.78, 5) is 4.19. The normalized spacial score (nSPS) is 30.7. The summed E-state index contributed by atoms with van der Waals surface area (Å²) in [6.45, 7) is 2.29. The van der Waals surface area contributed by atoms with Crippen molar-refractivity contribution in [3.05, 3.63) is 24.0 Å². The van der Waals surface area contributed by atoms with E-state index >= 15 is 0 Å². The molecule has 1 aromatic heterocycles. The smallest absolute Gasteiger partial charge is 0.0383 e. The van der Waals surface area contributed by atoms with Crippen LogP contribution in [0.2, 0.25) is 0 Å². The van der Waals surface area contributed by atoms with Crippen molar-refractivity contribution in [2.45, 2.75) is 37.6 Å². The average molecular weight is 205 g/mol. The fourth-order valence-electron chi connectivity index (χ4n) is 2.64. The summed E-state index contributed by atoms with van der Waals surface area (Å²) in [5.41, 5.74) is 8.30. The number of hydrogen-bond donors (Lipinski definition) is 2. The van der Waals surface area contributed by atoms with Gasteiger partial charge in [0.05, 0.1) is 0 Å². The molecular weight excluding hydrogens is 186 g/mol. The van der Waals surface area contributed by atoms with Crippen LogP contribution in [0.3, 0.4) is 0 Å². The number of pyridine rings is 1. The molecule has 1 heterocycles. The summed E-state index contributed by atoms with van der Waals surface area (Å²) >= 11 is 0. The number of nitrogens with zero attached hydrogens (tertiary/aromatic N) is 1. The molecule has 2 atom stereocenters. The van der Waals surface area contributed by atoms with E-state index in [4.69, 9.17) is 5.73 Å². The van der Waals surface area contributed by atoms with E-state index in [9.17, 15) is 0 Å². The molecule has 2 rings (SSSR count). The molecular formula is C12H19N3. The molecule has 1 aliphatic carbocycles. The first-order valence-electron chi connectivity index (χ1n) is 5.53. The van der Waals surface area contributed by atoms with Crippen LogP contribution in [0.4, 0.5) is 5.69 Å². The maximum atomic E-state index is 6.01. The summed E-state index contributed by atoms with van der Waals surface area (Å²) in [7, 11) is 2.03. The van der Waals surface area contributed by atoms with Crippen LogP contribution in [0.15, 0.2) is 18.5 Å². The molecule has 0 aliphatic heterocycles. The Balaban J connectivity index is 2.27. The molecule has 0 saturated heterocycles. The van der Waals surface area contributed by atoms with E-state index < -0.39 is 0 Å². The number of hydrogen-bond acceptors (Lipinski definition) is 3. The van der Waals surface area contributed by atoms with Crippen molar-refractivity contribution in [1.82, 2.24) is 10.3 Å². The highest BCUT2D eigenvalue weighted by molar-refractivity contribution is 5.49. The second-order valence-corrected chi connectivity index (χ2v) is 4.75. The fraction of sp³-hybridized carbons (Fsp3) is 0.583. The summed E-state index contributed by atoms with van der Waals surface area (Å²) < 4.78 is 0. The van der Waals surface area contributed by atoms with Crippen molar-refractivity contribution >= 4 is 5.69 Å².